The summed E-state index contributed by atoms with van der Waals surface area (Å²) in [7, 11) is 0. The summed E-state index contributed by atoms with van der Waals surface area (Å²) in [5, 5.41) is 3.27. The van der Waals surface area contributed by atoms with Crippen LogP contribution in [0.5, 0.6) is 5.75 Å². The minimum Gasteiger partial charge on any atom is -0.489 e. The molecule has 0 heterocycles. The highest BCUT2D eigenvalue weighted by Crippen LogP contribution is 2.26. The van der Waals surface area contributed by atoms with E-state index in [1.54, 1.807) is 0 Å². The molecule has 1 amide bonds. The topological polar surface area (TPSA) is 38.3 Å². The Balaban J connectivity index is 1.74. The lowest BCUT2D eigenvalue weighted by molar-refractivity contribution is 0.0931. The largest absolute Gasteiger partial charge is 0.489 e. The summed E-state index contributed by atoms with van der Waals surface area (Å²) in [4.78, 5) is 13.1. The van der Waals surface area contributed by atoms with Crippen molar-refractivity contribution >= 4 is 5.91 Å². The first-order valence-corrected chi connectivity index (χ1v) is 10.6. The van der Waals surface area contributed by atoms with Crippen molar-refractivity contribution < 1.29 is 9.53 Å². The van der Waals surface area contributed by atoms with Gasteiger partial charge in [0.05, 0.1) is 6.04 Å². The molecule has 1 unspecified atom stereocenters. The van der Waals surface area contributed by atoms with Crippen LogP contribution in [0.4, 0.5) is 0 Å². The minimum atomic E-state index is -0.0527. The highest BCUT2D eigenvalue weighted by Gasteiger charge is 2.19. The molecule has 1 atom stereocenters. The zero-order valence-electron chi connectivity index (χ0n) is 18.3. The van der Waals surface area contributed by atoms with Crippen molar-refractivity contribution in [1.29, 1.82) is 0 Å². The third-order valence-corrected chi connectivity index (χ3v) is 5.16. The predicted molar refractivity (Wildman–Crippen MR) is 123 cm³/mol. The molecule has 0 saturated heterocycles. The number of nitrogens with one attached hydrogen (secondary N) is 1. The molecule has 0 saturated carbocycles. The van der Waals surface area contributed by atoms with Crippen molar-refractivity contribution in [3.63, 3.8) is 0 Å². The Labute approximate surface area is 180 Å². The van der Waals surface area contributed by atoms with Crippen LogP contribution in [0, 0.1) is 19.8 Å². The number of carbonyl (C=O) groups excluding carboxylic acids is 1. The Bertz CT molecular complexity index is 979. The maximum absolute atomic E-state index is 13.1. The number of amides is 1. The summed E-state index contributed by atoms with van der Waals surface area (Å²) in [6.45, 7) is 9.00. The van der Waals surface area contributed by atoms with Crippen LogP contribution < -0.4 is 10.1 Å². The zero-order valence-corrected chi connectivity index (χ0v) is 18.3. The number of rotatable bonds is 8. The third-order valence-electron chi connectivity index (χ3n) is 5.16. The van der Waals surface area contributed by atoms with E-state index in [1.165, 1.54) is 16.7 Å². The standard InChI is InChI=1S/C27H31NO2/c1-19(2)15-26(25-16-20(3)13-14-21(25)4)28-27(29)23-10-8-9-22(17-23)18-30-24-11-6-5-7-12-24/h5-14,16-17,19,26H,15,18H2,1-4H3,(H,28,29). The van der Waals surface area contributed by atoms with Gasteiger partial charge >= 0.3 is 0 Å². The first-order valence-electron chi connectivity index (χ1n) is 10.6. The number of ether oxygens (including phenoxy) is 1. The van der Waals surface area contributed by atoms with E-state index in [1.807, 2.05) is 54.6 Å². The van der Waals surface area contributed by atoms with E-state index in [0.717, 1.165) is 17.7 Å². The molecule has 156 valence electrons. The van der Waals surface area contributed by atoms with Crippen LogP contribution in [0.1, 0.15) is 58.9 Å². The maximum Gasteiger partial charge on any atom is 0.251 e. The van der Waals surface area contributed by atoms with E-state index in [-0.39, 0.29) is 11.9 Å². The molecule has 0 aliphatic heterocycles. The molecule has 0 aromatic heterocycles. The van der Waals surface area contributed by atoms with Gasteiger partial charge in [0.1, 0.15) is 12.4 Å². The van der Waals surface area contributed by atoms with E-state index in [4.69, 9.17) is 4.74 Å². The van der Waals surface area contributed by atoms with Crippen LogP contribution in [-0.4, -0.2) is 5.91 Å². The van der Waals surface area contributed by atoms with Crippen molar-refractivity contribution in [1.82, 2.24) is 5.32 Å². The summed E-state index contributed by atoms with van der Waals surface area (Å²) in [6.07, 6.45) is 0.896. The quantitative estimate of drug-likeness (QED) is 0.474. The first kappa shape index (κ1) is 21.6. The van der Waals surface area contributed by atoms with Gasteiger partial charge in [-0.3, -0.25) is 4.79 Å². The van der Waals surface area contributed by atoms with E-state index in [2.05, 4.69) is 51.2 Å². The monoisotopic (exact) mass is 401 g/mol. The van der Waals surface area contributed by atoms with Gasteiger partial charge in [0, 0.05) is 5.56 Å². The molecule has 3 aromatic rings. The van der Waals surface area contributed by atoms with E-state index in [9.17, 15) is 4.79 Å². The van der Waals surface area contributed by atoms with Crippen molar-refractivity contribution in [3.05, 3.63) is 101 Å². The fraction of sp³-hybridized carbons (Fsp3) is 0.296. The van der Waals surface area contributed by atoms with Gasteiger partial charge in [-0.2, -0.15) is 0 Å². The van der Waals surface area contributed by atoms with Gasteiger partial charge in [0.15, 0.2) is 0 Å². The molecule has 0 aliphatic carbocycles. The molecule has 3 heteroatoms. The lowest BCUT2D eigenvalue weighted by atomic mass is 9.92. The Kier molecular flexibility index (Phi) is 7.29. The van der Waals surface area contributed by atoms with Gasteiger partial charge in [-0.15, -0.1) is 0 Å². The van der Waals surface area contributed by atoms with E-state index < -0.39 is 0 Å². The van der Waals surface area contributed by atoms with Gasteiger partial charge in [0.25, 0.3) is 5.91 Å². The molecule has 3 nitrogen and oxygen atoms in total. The summed E-state index contributed by atoms with van der Waals surface area (Å²) in [5.74, 6) is 1.24. The van der Waals surface area contributed by atoms with Crippen molar-refractivity contribution in [2.24, 2.45) is 5.92 Å². The smallest absolute Gasteiger partial charge is 0.251 e. The summed E-state index contributed by atoms with van der Waals surface area (Å²) in [5.41, 5.74) is 5.23. The summed E-state index contributed by atoms with van der Waals surface area (Å²) in [6, 6.07) is 23.8. The molecule has 0 fully saturated rings. The highest BCUT2D eigenvalue weighted by atomic mass is 16.5. The lowest BCUT2D eigenvalue weighted by Gasteiger charge is -2.23. The molecular weight excluding hydrogens is 370 g/mol. The lowest BCUT2D eigenvalue weighted by Crippen LogP contribution is -2.30. The number of hydrogen-bond acceptors (Lipinski definition) is 2. The Hall–Kier alpha value is -3.07. The molecular formula is C27H31NO2. The Morgan fingerprint density at radius 2 is 1.70 bits per heavy atom. The molecule has 3 aromatic carbocycles. The number of para-hydroxylation sites is 1. The second-order valence-electron chi connectivity index (χ2n) is 8.32. The van der Waals surface area contributed by atoms with Crippen LogP contribution in [0.25, 0.3) is 0 Å². The second kappa shape index (κ2) is 10.1. The van der Waals surface area contributed by atoms with Crippen LogP contribution >= 0.6 is 0 Å². The van der Waals surface area contributed by atoms with Crippen LogP contribution in [0.15, 0.2) is 72.8 Å². The number of aryl methyl sites for hydroxylation is 2. The van der Waals surface area contributed by atoms with Crippen LogP contribution in [0.2, 0.25) is 0 Å². The summed E-state index contributed by atoms with van der Waals surface area (Å²) >= 11 is 0. The second-order valence-corrected chi connectivity index (χ2v) is 8.32. The normalized spacial score (nSPS) is 11.9. The van der Waals surface area contributed by atoms with E-state index >= 15 is 0 Å². The summed E-state index contributed by atoms with van der Waals surface area (Å²) < 4.78 is 5.83. The fourth-order valence-electron chi connectivity index (χ4n) is 3.60. The van der Waals surface area contributed by atoms with E-state index in [0.29, 0.717) is 18.1 Å². The Morgan fingerprint density at radius 1 is 0.933 bits per heavy atom. The SMILES string of the molecule is Cc1ccc(C)c(C(CC(C)C)NC(=O)c2cccc(COc3ccccc3)c2)c1. The molecule has 0 radical (unpaired) electrons. The molecule has 0 aliphatic rings. The van der Waals surface area contributed by atoms with Crippen molar-refractivity contribution in [2.45, 2.75) is 46.8 Å². The van der Waals surface area contributed by atoms with Crippen LogP contribution in [-0.2, 0) is 6.61 Å². The highest BCUT2D eigenvalue weighted by molar-refractivity contribution is 5.94. The minimum absolute atomic E-state index is 0.0124. The maximum atomic E-state index is 13.1. The molecule has 0 bridgehead atoms. The molecule has 3 rings (SSSR count). The van der Waals surface area contributed by atoms with Gasteiger partial charge < -0.3 is 10.1 Å². The van der Waals surface area contributed by atoms with Gasteiger partial charge in [-0.25, -0.2) is 0 Å². The number of hydrogen-bond donors (Lipinski definition) is 1. The third kappa shape index (κ3) is 5.96. The van der Waals surface area contributed by atoms with Crippen molar-refractivity contribution in [2.75, 3.05) is 0 Å². The Morgan fingerprint density at radius 3 is 2.43 bits per heavy atom. The fourth-order valence-corrected chi connectivity index (χ4v) is 3.60. The molecule has 0 spiro atoms. The molecule has 1 N–H and O–H groups in total. The first-order chi connectivity index (χ1) is 14.4. The van der Waals surface area contributed by atoms with Crippen molar-refractivity contribution in [3.8, 4) is 5.75 Å². The average molecular weight is 402 g/mol. The van der Waals surface area contributed by atoms with Gasteiger partial charge in [0.2, 0.25) is 0 Å². The molecule has 30 heavy (non-hydrogen) atoms. The number of carbonyl (C=O) groups is 1. The predicted octanol–water partition coefficient (Wildman–Crippen LogP) is 6.40. The van der Waals surface area contributed by atoms with Gasteiger partial charge in [-0.1, -0.05) is 67.9 Å². The zero-order chi connectivity index (χ0) is 21.5. The van der Waals surface area contributed by atoms with Gasteiger partial charge in [-0.05, 0) is 67.1 Å². The average Bonchev–Trinajstić information content (AvgIpc) is 2.74. The number of benzene rings is 3. The van der Waals surface area contributed by atoms with Crippen LogP contribution in [0.3, 0.4) is 0 Å².